The van der Waals surface area contributed by atoms with Gasteiger partial charge in [0, 0.05) is 17.1 Å². The van der Waals surface area contributed by atoms with Crippen LogP contribution in [0, 0.1) is 12.7 Å². The van der Waals surface area contributed by atoms with Crippen molar-refractivity contribution < 1.29 is 9.18 Å². The van der Waals surface area contributed by atoms with Crippen molar-refractivity contribution in [3.05, 3.63) is 91.0 Å². The second-order valence-corrected chi connectivity index (χ2v) is 7.72. The molecule has 0 fully saturated rings. The second kappa shape index (κ2) is 9.26. The molecule has 0 aliphatic heterocycles. The number of hydrogen-bond donors (Lipinski definition) is 1. The molecule has 1 amide bonds. The van der Waals surface area contributed by atoms with Gasteiger partial charge in [-0.25, -0.2) is 9.18 Å². The zero-order valence-electron chi connectivity index (χ0n) is 17.4. The van der Waals surface area contributed by atoms with E-state index in [4.69, 9.17) is 11.6 Å². The van der Waals surface area contributed by atoms with Crippen LogP contribution in [0.25, 0.3) is 5.69 Å². The maximum Gasteiger partial charge on any atom is 0.352 e. The highest BCUT2D eigenvalue weighted by molar-refractivity contribution is 6.30. The van der Waals surface area contributed by atoms with Gasteiger partial charge in [0.25, 0.3) is 11.5 Å². The standard InChI is InChI=1S/C22H22ClFN4O3/c1-4-14(3)25-20(29)19-21(30)27(12-15-6-5-7-16(23)10-15)22(31)28(26-19)17-9-8-13(2)18(24)11-17/h5-11,14H,4,12H2,1-3H3,(H,25,29). The minimum atomic E-state index is -0.838. The van der Waals surface area contributed by atoms with Crippen molar-refractivity contribution in [1.29, 1.82) is 0 Å². The van der Waals surface area contributed by atoms with Crippen molar-refractivity contribution in [2.75, 3.05) is 0 Å². The minimum absolute atomic E-state index is 0.102. The lowest BCUT2D eigenvalue weighted by atomic mass is 10.2. The van der Waals surface area contributed by atoms with Gasteiger partial charge in [0.2, 0.25) is 5.69 Å². The van der Waals surface area contributed by atoms with Gasteiger partial charge in [0.05, 0.1) is 12.2 Å². The first-order valence-corrected chi connectivity index (χ1v) is 10.1. The topological polar surface area (TPSA) is 86.0 Å². The highest BCUT2D eigenvalue weighted by Gasteiger charge is 2.21. The number of nitrogens with zero attached hydrogens (tertiary/aromatic N) is 3. The van der Waals surface area contributed by atoms with Gasteiger partial charge in [-0.2, -0.15) is 9.78 Å². The molecule has 3 aromatic rings. The van der Waals surface area contributed by atoms with Crippen LogP contribution in [0.2, 0.25) is 5.02 Å². The fourth-order valence-corrected chi connectivity index (χ4v) is 3.10. The molecular formula is C22H22ClFN4O3. The highest BCUT2D eigenvalue weighted by Crippen LogP contribution is 2.13. The summed E-state index contributed by atoms with van der Waals surface area (Å²) >= 11 is 6.02. The number of hydrogen-bond acceptors (Lipinski definition) is 4. The highest BCUT2D eigenvalue weighted by atomic mass is 35.5. The van der Waals surface area contributed by atoms with Crippen LogP contribution in [0.4, 0.5) is 4.39 Å². The minimum Gasteiger partial charge on any atom is -0.348 e. The van der Waals surface area contributed by atoms with Gasteiger partial charge < -0.3 is 5.32 Å². The molecule has 1 N–H and O–H groups in total. The zero-order chi connectivity index (χ0) is 22.7. The first kappa shape index (κ1) is 22.4. The summed E-state index contributed by atoms with van der Waals surface area (Å²) in [5.41, 5.74) is -1.01. The maximum absolute atomic E-state index is 14.1. The van der Waals surface area contributed by atoms with Crippen molar-refractivity contribution >= 4 is 17.5 Å². The third kappa shape index (κ3) is 4.91. The van der Waals surface area contributed by atoms with Crippen molar-refractivity contribution in [1.82, 2.24) is 19.7 Å². The predicted molar refractivity (Wildman–Crippen MR) is 117 cm³/mol. The van der Waals surface area contributed by atoms with Crippen molar-refractivity contribution in [2.45, 2.75) is 39.8 Å². The van der Waals surface area contributed by atoms with Crippen molar-refractivity contribution in [2.24, 2.45) is 0 Å². The zero-order valence-corrected chi connectivity index (χ0v) is 18.1. The molecule has 0 aliphatic rings. The Hall–Kier alpha value is -3.26. The molecule has 0 bridgehead atoms. The lowest BCUT2D eigenvalue weighted by Gasteiger charge is -2.14. The maximum atomic E-state index is 14.1. The SMILES string of the molecule is CCC(C)NC(=O)c1nn(-c2ccc(C)c(F)c2)c(=O)n(Cc2cccc(Cl)c2)c1=O. The largest absolute Gasteiger partial charge is 0.352 e. The molecule has 162 valence electrons. The molecule has 7 nitrogen and oxygen atoms in total. The Bertz CT molecular complexity index is 1250. The van der Waals surface area contributed by atoms with E-state index in [0.29, 0.717) is 22.6 Å². The number of carbonyl (C=O) groups excluding carboxylic acids is 1. The van der Waals surface area contributed by atoms with Gasteiger partial charge in [-0.15, -0.1) is 0 Å². The van der Waals surface area contributed by atoms with Gasteiger partial charge >= 0.3 is 5.69 Å². The Kier molecular flexibility index (Phi) is 6.70. The summed E-state index contributed by atoms with van der Waals surface area (Å²) in [4.78, 5) is 38.8. The lowest BCUT2D eigenvalue weighted by molar-refractivity contribution is 0.0929. The van der Waals surface area contributed by atoms with Crippen LogP contribution in [0.3, 0.4) is 0 Å². The number of rotatable bonds is 6. The normalized spacial score (nSPS) is 11.9. The summed E-state index contributed by atoms with van der Waals surface area (Å²) in [6, 6.07) is 10.6. The van der Waals surface area contributed by atoms with E-state index >= 15 is 0 Å². The van der Waals surface area contributed by atoms with Crippen LogP contribution < -0.4 is 16.6 Å². The van der Waals surface area contributed by atoms with E-state index in [9.17, 15) is 18.8 Å². The Balaban J connectivity index is 2.21. The second-order valence-electron chi connectivity index (χ2n) is 7.28. The third-order valence-corrected chi connectivity index (χ3v) is 5.13. The Labute approximate surface area is 183 Å². The predicted octanol–water partition coefficient (Wildman–Crippen LogP) is 3.07. The van der Waals surface area contributed by atoms with Gasteiger partial charge in [-0.05, 0) is 49.6 Å². The van der Waals surface area contributed by atoms with Gasteiger partial charge in [-0.3, -0.25) is 14.2 Å². The summed E-state index contributed by atoms with van der Waals surface area (Å²) < 4.78 is 15.9. The van der Waals surface area contributed by atoms with Crippen LogP contribution >= 0.6 is 11.6 Å². The van der Waals surface area contributed by atoms with E-state index in [1.165, 1.54) is 12.1 Å². The molecule has 31 heavy (non-hydrogen) atoms. The molecule has 0 saturated heterocycles. The molecular weight excluding hydrogens is 423 g/mol. The first-order valence-electron chi connectivity index (χ1n) is 9.77. The van der Waals surface area contributed by atoms with Crippen LogP contribution in [-0.2, 0) is 6.54 Å². The number of aryl methyl sites for hydroxylation is 1. The van der Waals surface area contributed by atoms with Crippen LogP contribution in [0.5, 0.6) is 0 Å². The summed E-state index contributed by atoms with van der Waals surface area (Å²) in [5, 5.41) is 7.11. The Morgan fingerprint density at radius 2 is 1.97 bits per heavy atom. The van der Waals surface area contributed by atoms with E-state index in [-0.39, 0.29) is 18.3 Å². The molecule has 1 atom stereocenters. The molecule has 1 heterocycles. The Morgan fingerprint density at radius 1 is 1.23 bits per heavy atom. The summed E-state index contributed by atoms with van der Waals surface area (Å²) in [6.45, 7) is 5.12. The fraction of sp³-hybridized carbons (Fsp3) is 0.273. The van der Waals surface area contributed by atoms with E-state index in [2.05, 4.69) is 10.4 Å². The lowest BCUT2D eigenvalue weighted by Crippen LogP contribution is -2.47. The summed E-state index contributed by atoms with van der Waals surface area (Å²) in [5.74, 6) is -1.25. The third-order valence-electron chi connectivity index (χ3n) is 4.89. The van der Waals surface area contributed by atoms with E-state index in [1.54, 1.807) is 38.1 Å². The number of aromatic nitrogens is 3. The number of carbonyl (C=O) groups is 1. The van der Waals surface area contributed by atoms with E-state index in [0.717, 1.165) is 15.3 Å². The number of halogens is 2. The number of amides is 1. The van der Waals surface area contributed by atoms with Crippen molar-refractivity contribution in [3.8, 4) is 5.69 Å². The molecule has 0 radical (unpaired) electrons. The van der Waals surface area contributed by atoms with Crippen LogP contribution in [0.15, 0.2) is 52.1 Å². The molecule has 0 saturated carbocycles. The monoisotopic (exact) mass is 444 g/mol. The summed E-state index contributed by atoms with van der Waals surface area (Å²) in [6.07, 6.45) is 0.644. The first-order chi connectivity index (χ1) is 14.7. The molecule has 0 spiro atoms. The van der Waals surface area contributed by atoms with E-state index in [1.807, 2.05) is 6.92 Å². The number of benzene rings is 2. The van der Waals surface area contributed by atoms with Crippen LogP contribution in [-0.4, -0.2) is 26.3 Å². The quantitative estimate of drug-likeness (QED) is 0.633. The van der Waals surface area contributed by atoms with E-state index < -0.39 is 28.7 Å². The average Bonchev–Trinajstić information content (AvgIpc) is 2.73. The molecule has 1 aromatic heterocycles. The number of nitrogens with one attached hydrogen (secondary N) is 1. The van der Waals surface area contributed by atoms with Gasteiger partial charge in [0.15, 0.2) is 0 Å². The smallest absolute Gasteiger partial charge is 0.348 e. The van der Waals surface area contributed by atoms with Crippen molar-refractivity contribution in [3.63, 3.8) is 0 Å². The van der Waals surface area contributed by atoms with Crippen LogP contribution in [0.1, 0.15) is 41.9 Å². The molecule has 2 aromatic carbocycles. The van der Waals surface area contributed by atoms with Gasteiger partial charge in [0.1, 0.15) is 5.82 Å². The fourth-order valence-electron chi connectivity index (χ4n) is 2.89. The average molecular weight is 445 g/mol. The molecule has 3 rings (SSSR count). The molecule has 0 aliphatic carbocycles. The summed E-state index contributed by atoms with van der Waals surface area (Å²) in [7, 11) is 0. The van der Waals surface area contributed by atoms with Gasteiger partial charge in [-0.1, -0.05) is 36.7 Å². The Morgan fingerprint density at radius 3 is 2.61 bits per heavy atom. The molecule has 9 heteroatoms. The molecule has 1 unspecified atom stereocenters.